The molecule has 0 radical (unpaired) electrons. The van der Waals surface area contributed by atoms with E-state index in [0.717, 1.165) is 29.5 Å². The summed E-state index contributed by atoms with van der Waals surface area (Å²) in [7, 11) is 1.84. The molecule has 1 amide bonds. The van der Waals surface area contributed by atoms with Crippen LogP contribution in [0.3, 0.4) is 0 Å². The molecule has 6 heteroatoms. The smallest absolute Gasteiger partial charge is 0.243 e. The first kappa shape index (κ1) is 19.7. The fourth-order valence-corrected chi connectivity index (χ4v) is 4.75. The maximum Gasteiger partial charge on any atom is 0.243 e. The molecule has 2 fully saturated rings. The van der Waals surface area contributed by atoms with Crippen LogP contribution in [0.1, 0.15) is 32.3 Å². The Morgan fingerprint density at radius 2 is 2.17 bits per heavy atom. The number of amides is 1. The summed E-state index contributed by atoms with van der Waals surface area (Å²) in [5.74, 6) is 0.151. The molecule has 0 bridgehead atoms. The van der Waals surface area contributed by atoms with Gasteiger partial charge >= 0.3 is 0 Å². The predicted octanol–water partition coefficient (Wildman–Crippen LogP) is 3.36. The minimum absolute atomic E-state index is 0. The molecule has 1 heterocycles. The van der Waals surface area contributed by atoms with Gasteiger partial charge in [0.05, 0.1) is 6.10 Å². The topological polar surface area (TPSA) is 55.6 Å². The standard InChI is InChI=1S/C18H25BrN2O2.ClH/c1-17(2)15-14(8-5-9-23-15)18(17,20)16(22)21(3)11-12-6-4-7-13(19)10-12;/h4,6-7,10,14-15H,5,8-9,11,20H2,1-3H3;1H. The van der Waals surface area contributed by atoms with Crippen molar-refractivity contribution in [2.24, 2.45) is 17.1 Å². The van der Waals surface area contributed by atoms with Gasteiger partial charge in [-0.3, -0.25) is 4.79 Å². The fourth-order valence-electron chi connectivity index (χ4n) is 4.31. The van der Waals surface area contributed by atoms with Crippen LogP contribution in [0, 0.1) is 11.3 Å². The Bertz CT molecular complexity index is 625. The molecule has 3 rings (SSSR count). The van der Waals surface area contributed by atoms with Gasteiger partial charge in [0.1, 0.15) is 5.54 Å². The summed E-state index contributed by atoms with van der Waals surface area (Å²) in [4.78, 5) is 14.9. The number of fused-ring (bicyclic) bond motifs is 1. The third kappa shape index (κ3) is 2.90. The molecule has 0 aromatic heterocycles. The minimum atomic E-state index is -0.834. The third-order valence-electron chi connectivity index (χ3n) is 5.69. The molecule has 1 aliphatic heterocycles. The van der Waals surface area contributed by atoms with Crippen molar-refractivity contribution in [3.63, 3.8) is 0 Å². The number of halogens is 2. The van der Waals surface area contributed by atoms with Crippen LogP contribution in [0.15, 0.2) is 28.7 Å². The number of ether oxygens (including phenoxy) is 1. The monoisotopic (exact) mass is 416 g/mol. The van der Waals surface area contributed by atoms with Gasteiger partial charge in [0.25, 0.3) is 0 Å². The van der Waals surface area contributed by atoms with Crippen LogP contribution in [-0.4, -0.2) is 36.1 Å². The molecule has 134 valence electrons. The summed E-state index contributed by atoms with van der Waals surface area (Å²) in [6.07, 6.45) is 2.06. The minimum Gasteiger partial charge on any atom is -0.377 e. The number of carbonyl (C=O) groups excluding carboxylic acids is 1. The average molecular weight is 418 g/mol. The molecule has 2 aliphatic rings. The highest BCUT2D eigenvalue weighted by Gasteiger charge is 2.70. The molecular weight excluding hydrogens is 392 g/mol. The van der Waals surface area contributed by atoms with Gasteiger partial charge in [0.15, 0.2) is 0 Å². The van der Waals surface area contributed by atoms with Gasteiger partial charge < -0.3 is 15.4 Å². The van der Waals surface area contributed by atoms with Crippen LogP contribution < -0.4 is 5.73 Å². The molecule has 1 aromatic rings. The second kappa shape index (κ2) is 6.94. The molecule has 3 unspecified atom stereocenters. The van der Waals surface area contributed by atoms with Crippen molar-refractivity contribution in [1.29, 1.82) is 0 Å². The average Bonchev–Trinajstić information content (AvgIpc) is 2.53. The summed E-state index contributed by atoms with van der Waals surface area (Å²) in [5.41, 5.74) is 6.61. The Morgan fingerprint density at radius 3 is 2.83 bits per heavy atom. The van der Waals surface area contributed by atoms with Gasteiger partial charge in [0.2, 0.25) is 5.91 Å². The number of nitrogens with zero attached hydrogens (tertiary/aromatic N) is 1. The van der Waals surface area contributed by atoms with Gasteiger partial charge in [-0.25, -0.2) is 0 Å². The molecule has 4 nitrogen and oxygen atoms in total. The molecule has 1 saturated carbocycles. The number of carbonyl (C=O) groups is 1. The normalized spacial score (nSPS) is 30.5. The molecular formula is C18H26BrClN2O2. The molecule has 2 N–H and O–H groups in total. The Kier molecular flexibility index (Phi) is 5.70. The van der Waals surface area contributed by atoms with Crippen LogP contribution in [0.4, 0.5) is 0 Å². The lowest BCUT2D eigenvalue weighted by molar-refractivity contribution is -0.229. The second-order valence-corrected chi connectivity index (χ2v) is 8.34. The summed E-state index contributed by atoms with van der Waals surface area (Å²) in [5, 5.41) is 0. The van der Waals surface area contributed by atoms with E-state index in [-0.39, 0.29) is 35.8 Å². The van der Waals surface area contributed by atoms with E-state index in [2.05, 4.69) is 29.8 Å². The van der Waals surface area contributed by atoms with Gasteiger partial charge in [-0.2, -0.15) is 0 Å². The maximum absolute atomic E-state index is 13.1. The zero-order chi connectivity index (χ0) is 16.8. The lowest BCUT2D eigenvalue weighted by atomic mass is 9.46. The van der Waals surface area contributed by atoms with Crippen molar-refractivity contribution in [3.8, 4) is 0 Å². The number of rotatable bonds is 3. The summed E-state index contributed by atoms with van der Waals surface area (Å²) in [6.45, 7) is 5.46. The van der Waals surface area contributed by atoms with E-state index in [1.165, 1.54) is 0 Å². The van der Waals surface area contributed by atoms with E-state index in [1.54, 1.807) is 4.90 Å². The highest BCUT2D eigenvalue weighted by molar-refractivity contribution is 9.10. The van der Waals surface area contributed by atoms with Crippen molar-refractivity contribution < 1.29 is 9.53 Å². The summed E-state index contributed by atoms with van der Waals surface area (Å²) < 4.78 is 6.91. The predicted molar refractivity (Wildman–Crippen MR) is 101 cm³/mol. The van der Waals surface area contributed by atoms with Gasteiger partial charge in [0, 0.05) is 36.0 Å². The number of hydrogen-bond donors (Lipinski definition) is 1. The van der Waals surface area contributed by atoms with E-state index in [1.807, 2.05) is 31.3 Å². The van der Waals surface area contributed by atoms with Crippen molar-refractivity contribution in [2.45, 2.75) is 44.9 Å². The highest BCUT2D eigenvalue weighted by atomic mass is 79.9. The van der Waals surface area contributed by atoms with Crippen LogP contribution in [-0.2, 0) is 16.1 Å². The quantitative estimate of drug-likeness (QED) is 0.820. The van der Waals surface area contributed by atoms with Gasteiger partial charge in [-0.05, 0) is 30.5 Å². The zero-order valence-electron chi connectivity index (χ0n) is 14.4. The number of benzene rings is 1. The Labute approximate surface area is 158 Å². The lowest BCUT2D eigenvalue weighted by Crippen LogP contribution is -2.82. The van der Waals surface area contributed by atoms with Gasteiger partial charge in [-0.1, -0.05) is 41.9 Å². The largest absolute Gasteiger partial charge is 0.377 e. The van der Waals surface area contributed by atoms with E-state index in [9.17, 15) is 4.79 Å². The first-order chi connectivity index (χ1) is 10.8. The summed E-state index contributed by atoms with van der Waals surface area (Å²) >= 11 is 3.47. The summed E-state index contributed by atoms with van der Waals surface area (Å²) in [6, 6.07) is 8.02. The van der Waals surface area contributed by atoms with Crippen LogP contribution in [0.5, 0.6) is 0 Å². The zero-order valence-corrected chi connectivity index (χ0v) is 16.8. The molecule has 1 saturated heterocycles. The maximum atomic E-state index is 13.1. The van der Waals surface area contributed by atoms with Gasteiger partial charge in [-0.15, -0.1) is 12.4 Å². The molecule has 1 aliphatic carbocycles. The first-order valence-corrected chi connectivity index (χ1v) is 8.98. The van der Waals surface area contributed by atoms with Crippen molar-refractivity contribution >= 4 is 34.2 Å². The molecule has 24 heavy (non-hydrogen) atoms. The Balaban J connectivity index is 0.00000208. The molecule has 3 atom stereocenters. The Hall–Kier alpha value is -0.620. The Morgan fingerprint density at radius 1 is 1.46 bits per heavy atom. The van der Waals surface area contributed by atoms with E-state index >= 15 is 0 Å². The molecule has 1 aromatic carbocycles. The number of hydrogen-bond acceptors (Lipinski definition) is 3. The second-order valence-electron chi connectivity index (χ2n) is 7.42. The SMILES string of the molecule is CN(Cc1cccc(Br)c1)C(=O)C1(N)C2CCCOC2C1(C)C.Cl. The van der Waals surface area contributed by atoms with Crippen LogP contribution >= 0.6 is 28.3 Å². The van der Waals surface area contributed by atoms with E-state index < -0.39 is 5.54 Å². The third-order valence-corrected chi connectivity index (χ3v) is 6.19. The molecule has 0 spiro atoms. The number of likely N-dealkylation sites (N-methyl/N-ethyl adjacent to an activating group) is 1. The highest BCUT2D eigenvalue weighted by Crippen LogP contribution is 2.57. The lowest BCUT2D eigenvalue weighted by Gasteiger charge is -2.65. The van der Waals surface area contributed by atoms with Crippen LogP contribution in [0.2, 0.25) is 0 Å². The number of nitrogens with two attached hydrogens (primary N) is 1. The first-order valence-electron chi connectivity index (χ1n) is 8.19. The van der Waals surface area contributed by atoms with Crippen molar-refractivity contribution in [1.82, 2.24) is 4.90 Å². The van der Waals surface area contributed by atoms with Crippen LogP contribution in [0.25, 0.3) is 0 Å². The van der Waals surface area contributed by atoms with E-state index in [0.29, 0.717) is 6.54 Å². The fraction of sp³-hybridized carbons (Fsp3) is 0.611. The van der Waals surface area contributed by atoms with Crippen molar-refractivity contribution in [2.75, 3.05) is 13.7 Å². The van der Waals surface area contributed by atoms with E-state index in [4.69, 9.17) is 10.5 Å². The van der Waals surface area contributed by atoms with Crippen molar-refractivity contribution in [3.05, 3.63) is 34.3 Å².